The molecule has 2 N–H and O–H groups in total. The highest BCUT2D eigenvalue weighted by molar-refractivity contribution is 5.98. The Morgan fingerprint density at radius 3 is 2.90 bits per heavy atom. The SMILES string of the molecule is CCN(C(=O)c1cc2cc(C#N)ccc2[nH]1)C1CCCC(NCc2cccc(F)c2)C1. The first kappa shape index (κ1) is 21.1. The van der Waals surface area contributed by atoms with Crippen molar-refractivity contribution >= 4 is 16.8 Å². The van der Waals surface area contributed by atoms with Gasteiger partial charge in [0.1, 0.15) is 11.5 Å². The van der Waals surface area contributed by atoms with Gasteiger partial charge in [0.15, 0.2) is 0 Å². The van der Waals surface area contributed by atoms with Crippen LogP contribution in [0.2, 0.25) is 0 Å². The summed E-state index contributed by atoms with van der Waals surface area (Å²) >= 11 is 0. The Kier molecular flexibility index (Phi) is 6.34. The van der Waals surface area contributed by atoms with E-state index in [9.17, 15) is 9.18 Å². The van der Waals surface area contributed by atoms with E-state index < -0.39 is 0 Å². The average Bonchev–Trinajstić information content (AvgIpc) is 3.22. The fraction of sp³-hybridized carbons (Fsp3) is 0.360. The zero-order chi connectivity index (χ0) is 21.8. The van der Waals surface area contributed by atoms with Crippen molar-refractivity contribution in [2.24, 2.45) is 0 Å². The van der Waals surface area contributed by atoms with E-state index in [1.165, 1.54) is 6.07 Å². The summed E-state index contributed by atoms with van der Waals surface area (Å²) in [5.41, 5.74) is 2.93. The molecule has 5 nitrogen and oxygen atoms in total. The first-order chi connectivity index (χ1) is 15.1. The molecular formula is C25H27FN4O. The molecule has 160 valence electrons. The molecule has 1 amide bonds. The van der Waals surface area contributed by atoms with Crippen molar-refractivity contribution in [1.29, 1.82) is 5.26 Å². The molecule has 0 aliphatic heterocycles. The molecule has 2 unspecified atom stereocenters. The first-order valence-electron chi connectivity index (χ1n) is 10.9. The summed E-state index contributed by atoms with van der Waals surface area (Å²) < 4.78 is 13.4. The van der Waals surface area contributed by atoms with Crippen molar-refractivity contribution in [3.8, 4) is 6.07 Å². The van der Waals surface area contributed by atoms with Crippen LogP contribution in [0.25, 0.3) is 10.9 Å². The molecule has 3 aromatic rings. The number of nitrogens with one attached hydrogen (secondary N) is 2. The number of aromatic nitrogens is 1. The number of hydrogen-bond acceptors (Lipinski definition) is 3. The molecule has 0 radical (unpaired) electrons. The Balaban J connectivity index is 1.44. The second-order valence-electron chi connectivity index (χ2n) is 8.22. The van der Waals surface area contributed by atoms with Crippen LogP contribution in [-0.2, 0) is 6.54 Å². The lowest BCUT2D eigenvalue weighted by Gasteiger charge is -2.37. The van der Waals surface area contributed by atoms with Crippen molar-refractivity contribution < 1.29 is 9.18 Å². The third-order valence-electron chi connectivity index (χ3n) is 6.15. The topological polar surface area (TPSA) is 71.9 Å². The molecule has 1 saturated carbocycles. The summed E-state index contributed by atoms with van der Waals surface area (Å²) in [5.74, 6) is -0.225. The van der Waals surface area contributed by atoms with Crippen molar-refractivity contribution in [3.63, 3.8) is 0 Å². The minimum absolute atomic E-state index is 0.00649. The molecule has 4 rings (SSSR count). The number of nitriles is 1. The molecule has 31 heavy (non-hydrogen) atoms. The Labute approximate surface area is 181 Å². The predicted molar refractivity (Wildman–Crippen MR) is 119 cm³/mol. The van der Waals surface area contributed by atoms with E-state index in [0.717, 1.165) is 42.1 Å². The highest BCUT2D eigenvalue weighted by Crippen LogP contribution is 2.26. The van der Waals surface area contributed by atoms with E-state index in [1.807, 2.05) is 30.0 Å². The molecule has 1 fully saturated rings. The molecule has 1 heterocycles. The monoisotopic (exact) mass is 418 g/mol. The van der Waals surface area contributed by atoms with Gasteiger partial charge in [0.05, 0.1) is 11.6 Å². The Hall–Kier alpha value is -3.17. The van der Waals surface area contributed by atoms with Gasteiger partial charge in [-0.1, -0.05) is 12.1 Å². The lowest BCUT2D eigenvalue weighted by atomic mass is 9.89. The van der Waals surface area contributed by atoms with Crippen LogP contribution >= 0.6 is 0 Å². The molecule has 2 aromatic carbocycles. The van der Waals surface area contributed by atoms with Gasteiger partial charge in [-0.05, 0) is 74.6 Å². The molecule has 1 aromatic heterocycles. The number of aromatic amines is 1. The Morgan fingerprint density at radius 2 is 2.13 bits per heavy atom. The minimum Gasteiger partial charge on any atom is -0.351 e. The van der Waals surface area contributed by atoms with Crippen LogP contribution in [0.15, 0.2) is 48.5 Å². The molecule has 1 aliphatic carbocycles. The number of rotatable bonds is 6. The maximum Gasteiger partial charge on any atom is 0.270 e. The van der Waals surface area contributed by atoms with Gasteiger partial charge in [-0.25, -0.2) is 4.39 Å². The number of hydrogen-bond donors (Lipinski definition) is 2. The average molecular weight is 419 g/mol. The van der Waals surface area contributed by atoms with Crippen LogP contribution in [0.4, 0.5) is 4.39 Å². The summed E-state index contributed by atoms with van der Waals surface area (Å²) in [6, 6.07) is 16.5. The quantitative estimate of drug-likeness (QED) is 0.607. The standard InChI is InChI=1S/C25H27FN4O/c1-2-30(25(31)24-13-19-11-17(15-27)9-10-23(19)29-24)22-8-4-7-21(14-22)28-16-18-5-3-6-20(26)12-18/h3,5-6,9-13,21-22,28-29H,2,4,7-8,14,16H2,1H3. The van der Waals surface area contributed by atoms with Crippen LogP contribution in [-0.4, -0.2) is 34.4 Å². The summed E-state index contributed by atoms with van der Waals surface area (Å²) in [7, 11) is 0. The fourth-order valence-corrected chi connectivity index (χ4v) is 4.58. The zero-order valence-electron chi connectivity index (χ0n) is 17.7. The highest BCUT2D eigenvalue weighted by Gasteiger charge is 2.29. The van der Waals surface area contributed by atoms with Gasteiger partial charge in [-0.2, -0.15) is 5.26 Å². The molecule has 0 spiro atoms. The van der Waals surface area contributed by atoms with Crippen LogP contribution in [0.3, 0.4) is 0 Å². The van der Waals surface area contributed by atoms with E-state index >= 15 is 0 Å². The number of carbonyl (C=O) groups excluding carboxylic acids is 1. The number of halogens is 1. The second kappa shape index (κ2) is 9.32. The summed E-state index contributed by atoms with van der Waals surface area (Å²) in [4.78, 5) is 18.5. The normalized spacial score (nSPS) is 18.6. The van der Waals surface area contributed by atoms with Crippen LogP contribution in [0.1, 0.15) is 54.2 Å². The van der Waals surface area contributed by atoms with E-state index in [-0.39, 0.29) is 17.8 Å². The lowest BCUT2D eigenvalue weighted by Crippen LogP contribution is -2.46. The number of fused-ring (bicyclic) bond motifs is 1. The van der Waals surface area contributed by atoms with E-state index in [0.29, 0.717) is 30.4 Å². The van der Waals surface area contributed by atoms with E-state index in [4.69, 9.17) is 5.26 Å². The zero-order valence-corrected chi connectivity index (χ0v) is 17.7. The third-order valence-corrected chi connectivity index (χ3v) is 6.15. The van der Waals surface area contributed by atoms with Gasteiger partial charge in [-0.3, -0.25) is 4.79 Å². The van der Waals surface area contributed by atoms with Crippen molar-refractivity contribution in [3.05, 3.63) is 71.2 Å². The molecule has 0 bridgehead atoms. The largest absolute Gasteiger partial charge is 0.351 e. The second-order valence-corrected chi connectivity index (χ2v) is 8.22. The van der Waals surface area contributed by atoms with Gasteiger partial charge in [-0.15, -0.1) is 0 Å². The summed E-state index contributed by atoms with van der Waals surface area (Å²) in [5, 5.41) is 13.5. The van der Waals surface area contributed by atoms with Crippen LogP contribution in [0.5, 0.6) is 0 Å². The first-order valence-corrected chi connectivity index (χ1v) is 10.9. The maximum atomic E-state index is 13.4. The fourth-order valence-electron chi connectivity index (χ4n) is 4.58. The van der Waals surface area contributed by atoms with Gasteiger partial charge in [0, 0.05) is 36.1 Å². The van der Waals surface area contributed by atoms with Crippen molar-refractivity contribution in [1.82, 2.24) is 15.2 Å². The van der Waals surface area contributed by atoms with Crippen LogP contribution < -0.4 is 5.32 Å². The van der Waals surface area contributed by atoms with Gasteiger partial charge in [0.25, 0.3) is 5.91 Å². The molecular weight excluding hydrogens is 391 g/mol. The predicted octanol–water partition coefficient (Wildman–Crippen LogP) is 4.74. The highest BCUT2D eigenvalue weighted by atomic mass is 19.1. The number of carbonyl (C=O) groups is 1. The summed E-state index contributed by atoms with van der Waals surface area (Å²) in [6.07, 6.45) is 3.97. The van der Waals surface area contributed by atoms with Gasteiger partial charge >= 0.3 is 0 Å². The Morgan fingerprint density at radius 1 is 1.26 bits per heavy atom. The molecule has 2 atom stereocenters. The van der Waals surface area contributed by atoms with Crippen molar-refractivity contribution in [2.45, 2.75) is 51.2 Å². The number of amides is 1. The minimum atomic E-state index is -0.219. The Bertz CT molecular complexity index is 1120. The molecule has 0 saturated heterocycles. The van der Waals surface area contributed by atoms with E-state index in [1.54, 1.807) is 24.3 Å². The van der Waals surface area contributed by atoms with Crippen LogP contribution in [0, 0.1) is 17.1 Å². The smallest absolute Gasteiger partial charge is 0.270 e. The maximum absolute atomic E-state index is 13.4. The van der Waals surface area contributed by atoms with Gasteiger partial charge < -0.3 is 15.2 Å². The van der Waals surface area contributed by atoms with Gasteiger partial charge in [0.2, 0.25) is 0 Å². The summed E-state index contributed by atoms with van der Waals surface area (Å²) in [6.45, 7) is 3.27. The third kappa shape index (κ3) is 4.78. The number of nitrogens with zero attached hydrogens (tertiary/aromatic N) is 2. The molecule has 1 aliphatic rings. The lowest BCUT2D eigenvalue weighted by molar-refractivity contribution is 0.0623. The number of benzene rings is 2. The van der Waals surface area contributed by atoms with Crippen molar-refractivity contribution in [2.75, 3.05) is 6.54 Å². The number of H-pyrrole nitrogens is 1. The van der Waals surface area contributed by atoms with E-state index in [2.05, 4.69) is 16.4 Å². The molecule has 6 heteroatoms.